The smallest absolute Gasteiger partial charge is 0.336 e. The minimum absolute atomic E-state index is 0.101. The standard InChI is InChI=1S/C22H21ClFN3O5S/c1-2-32-21(30)18(28)12-27(26-20(29)19-10-25-22(31)33-19)11-13-3-5-14(6-4-13)16-9-15(23)7-8-17(16)24/h3-10,18,28H,2,11-12H2,1H3,(H,25,31)(H,26,29). The SMILES string of the molecule is CCOC(=O)C(O)CN(Cc1ccc(-c2cc(Cl)ccc2F)cc1)NC(=O)c1cnc(O)s1. The van der Waals surface area contributed by atoms with E-state index in [-0.39, 0.29) is 29.8 Å². The van der Waals surface area contributed by atoms with E-state index in [4.69, 9.17) is 16.3 Å². The lowest BCUT2D eigenvalue weighted by molar-refractivity contribution is -0.154. The van der Waals surface area contributed by atoms with Crippen molar-refractivity contribution in [1.29, 1.82) is 0 Å². The summed E-state index contributed by atoms with van der Waals surface area (Å²) in [6.45, 7) is 1.58. The van der Waals surface area contributed by atoms with E-state index in [9.17, 15) is 24.2 Å². The van der Waals surface area contributed by atoms with Crippen LogP contribution in [0, 0.1) is 5.82 Å². The second kappa shape index (κ2) is 11.2. The lowest BCUT2D eigenvalue weighted by Gasteiger charge is -2.25. The molecule has 3 N–H and O–H groups in total. The van der Waals surface area contributed by atoms with E-state index in [1.807, 2.05) is 0 Å². The van der Waals surface area contributed by atoms with Crippen LogP contribution in [0.5, 0.6) is 5.19 Å². The third kappa shape index (κ3) is 6.72. The molecule has 33 heavy (non-hydrogen) atoms. The van der Waals surface area contributed by atoms with Crippen molar-refractivity contribution in [3.63, 3.8) is 0 Å². The first-order valence-corrected chi connectivity index (χ1v) is 11.1. The summed E-state index contributed by atoms with van der Waals surface area (Å²) in [5.74, 6) is -1.80. The van der Waals surface area contributed by atoms with E-state index in [2.05, 4.69) is 10.4 Å². The van der Waals surface area contributed by atoms with Crippen molar-refractivity contribution in [2.45, 2.75) is 19.6 Å². The second-order valence-corrected chi connectivity index (χ2v) is 8.36. The highest BCUT2D eigenvalue weighted by molar-refractivity contribution is 7.15. The number of hydrogen-bond donors (Lipinski definition) is 3. The third-order valence-electron chi connectivity index (χ3n) is 4.50. The minimum Gasteiger partial charge on any atom is -0.486 e. The molecule has 0 fully saturated rings. The number of benzene rings is 2. The summed E-state index contributed by atoms with van der Waals surface area (Å²) >= 11 is 6.75. The summed E-state index contributed by atoms with van der Waals surface area (Å²) in [6.07, 6.45) is -0.288. The predicted octanol–water partition coefficient (Wildman–Crippen LogP) is 3.38. The van der Waals surface area contributed by atoms with Crippen molar-refractivity contribution in [3.05, 3.63) is 69.9 Å². The van der Waals surface area contributed by atoms with E-state index < -0.39 is 23.8 Å². The molecule has 1 aromatic heterocycles. The van der Waals surface area contributed by atoms with E-state index in [0.717, 1.165) is 11.3 Å². The zero-order chi connectivity index (χ0) is 24.0. The third-order valence-corrected chi connectivity index (χ3v) is 5.53. The number of carbonyl (C=O) groups is 2. The Hall–Kier alpha value is -3.05. The number of rotatable bonds is 9. The van der Waals surface area contributed by atoms with Crippen molar-refractivity contribution < 1.29 is 28.9 Å². The van der Waals surface area contributed by atoms with Crippen LogP contribution in [-0.2, 0) is 16.1 Å². The van der Waals surface area contributed by atoms with Crippen LogP contribution in [0.4, 0.5) is 4.39 Å². The number of carbonyl (C=O) groups excluding carboxylic acids is 2. The van der Waals surface area contributed by atoms with Gasteiger partial charge in [0.15, 0.2) is 6.10 Å². The average molecular weight is 494 g/mol. The fraction of sp³-hybridized carbons (Fsp3) is 0.227. The highest BCUT2D eigenvalue weighted by Crippen LogP contribution is 2.26. The Morgan fingerprint density at radius 1 is 1.27 bits per heavy atom. The van der Waals surface area contributed by atoms with Gasteiger partial charge in [-0.3, -0.25) is 10.2 Å². The van der Waals surface area contributed by atoms with Gasteiger partial charge in [0, 0.05) is 17.1 Å². The zero-order valence-electron chi connectivity index (χ0n) is 17.5. The Morgan fingerprint density at radius 2 is 2.00 bits per heavy atom. The van der Waals surface area contributed by atoms with Gasteiger partial charge in [-0.1, -0.05) is 47.2 Å². The number of thiazole rings is 1. The van der Waals surface area contributed by atoms with Crippen LogP contribution in [0.25, 0.3) is 11.1 Å². The maximum absolute atomic E-state index is 14.1. The van der Waals surface area contributed by atoms with Crippen LogP contribution in [0.15, 0.2) is 48.7 Å². The molecule has 1 amide bonds. The Morgan fingerprint density at radius 3 is 2.64 bits per heavy atom. The van der Waals surface area contributed by atoms with Crippen molar-refractivity contribution in [3.8, 4) is 16.3 Å². The molecule has 1 unspecified atom stereocenters. The van der Waals surface area contributed by atoms with Crippen LogP contribution in [-0.4, -0.2) is 51.3 Å². The number of amides is 1. The van der Waals surface area contributed by atoms with Crippen molar-refractivity contribution in [1.82, 2.24) is 15.4 Å². The predicted molar refractivity (Wildman–Crippen MR) is 121 cm³/mol. The number of ether oxygens (including phenoxy) is 1. The molecule has 0 saturated carbocycles. The quantitative estimate of drug-likeness (QED) is 0.309. The number of aromatic nitrogens is 1. The van der Waals surface area contributed by atoms with E-state index in [0.29, 0.717) is 21.7 Å². The van der Waals surface area contributed by atoms with Crippen LogP contribution >= 0.6 is 22.9 Å². The summed E-state index contributed by atoms with van der Waals surface area (Å²) in [7, 11) is 0. The zero-order valence-corrected chi connectivity index (χ0v) is 19.1. The maximum atomic E-state index is 14.1. The number of hydrazine groups is 1. The van der Waals surface area contributed by atoms with Gasteiger partial charge < -0.3 is 14.9 Å². The second-order valence-electron chi connectivity index (χ2n) is 6.92. The van der Waals surface area contributed by atoms with Gasteiger partial charge >= 0.3 is 5.97 Å². The summed E-state index contributed by atoms with van der Waals surface area (Å²) in [4.78, 5) is 28.1. The van der Waals surface area contributed by atoms with Gasteiger partial charge in [0.2, 0.25) is 0 Å². The molecule has 0 bridgehead atoms. The van der Waals surface area contributed by atoms with Crippen molar-refractivity contribution in [2.75, 3.05) is 13.2 Å². The van der Waals surface area contributed by atoms with Gasteiger partial charge in [-0.05, 0) is 36.2 Å². The van der Waals surface area contributed by atoms with E-state index in [1.165, 1.54) is 29.4 Å². The number of aliphatic hydroxyl groups excluding tert-OH is 1. The van der Waals surface area contributed by atoms with Crippen LogP contribution in [0.3, 0.4) is 0 Å². The highest BCUT2D eigenvalue weighted by atomic mass is 35.5. The molecule has 8 nitrogen and oxygen atoms in total. The molecular weight excluding hydrogens is 473 g/mol. The first kappa shape index (κ1) is 24.6. The first-order valence-electron chi connectivity index (χ1n) is 9.86. The number of hydrogen-bond acceptors (Lipinski definition) is 8. The molecule has 0 spiro atoms. The molecule has 0 saturated heterocycles. The Balaban J connectivity index is 1.77. The Labute approximate surface area is 198 Å². The topological polar surface area (TPSA) is 112 Å². The van der Waals surface area contributed by atoms with Gasteiger partial charge in [0.1, 0.15) is 10.7 Å². The summed E-state index contributed by atoms with van der Waals surface area (Å²) in [5, 5.41) is 21.0. The molecule has 3 aromatic rings. The number of esters is 1. The van der Waals surface area contributed by atoms with Crippen molar-refractivity contribution in [2.24, 2.45) is 0 Å². The Kier molecular flexibility index (Phi) is 8.34. The van der Waals surface area contributed by atoms with Gasteiger partial charge in [-0.2, -0.15) is 0 Å². The molecule has 3 rings (SSSR count). The minimum atomic E-state index is -1.50. The molecule has 0 radical (unpaired) electrons. The number of nitrogens with one attached hydrogen (secondary N) is 1. The Bertz CT molecular complexity index is 1130. The molecule has 1 atom stereocenters. The molecule has 2 aromatic carbocycles. The van der Waals surface area contributed by atoms with Gasteiger partial charge in [-0.15, -0.1) is 0 Å². The normalized spacial score (nSPS) is 11.9. The number of aliphatic hydroxyl groups is 1. The molecule has 0 aliphatic carbocycles. The monoisotopic (exact) mass is 493 g/mol. The summed E-state index contributed by atoms with van der Waals surface area (Å²) in [5.41, 5.74) is 4.27. The van der Waals surface area contributed by atoms with E-state index in [1.54, 1.807) is 31.2 Å². The largest absolute Gasteiger partial charge is 0.486 e. The van der Waals surface area contributed by atoms with E-state index >= 15 is 0 Å². The average Bonchev–Trinajstić information content (AvgIpc) is 3.22. The molecule has 1 heterocycles. The number of aromatic hydroxyl groups is 1. The maximum Gasteiger partial charge on any atom is 0.336 e. The molecule has 0 aliphatic heterocycles. The molecule has 11 heteroatoms. The first-order chi connectivity index (χ1) is 15.8. The van der Waals surface area contributed by atoms with Crippen LogP contribution in [0.1, 0.15) is 22.2 Å². The lowest BCUT2D eigenvalue weighted by atomic mass is 10.0. The van der Waals surface area contributed by atoms with Gasteiger partial charge in [0.05, 0.1) is 19.3 Å². The number of nitrogens with zero attached hydrogens (tertiary/aromatic N) is 2. The fourth-order valence-corrected chi connectivity index (χ4v) is 3.69. The lowest BCUT2D eigenvalue weighted by Crippen LogP contribution is -2.47. The molecular formula is C22H21ClFN3O5S. The molecule has 0 aliphatic rings. The number of halogens is 2. The highest BCUT2D eigenvalue weighted by Gasteiger charge is 2.23. The molecule has 174 valence electrons. The fourth-order valence-electron chi connectivity index (χ4n) is 2.97. The summed E-state index contributed by atoms with van der Waals surface area (Å²) in [6, 6.07) is 11.1. The van der Waals surface area contributed by atoms with Crippen LogP contribution in [0.2, 0.25) is 5.02 Å². The van der Waals surface area contributed by atoms with Crippen molar-refractivity contribution >= 4 is 34.8 Å². The van der Waals surface area contributed by atoms with Gasteiger partial charge in [-0.25, -0.2) is 19.2 Å². The summed E-state index contributed by atoms with van der Waals surface area (Å²) < 4.78 is 19.0. The van der Waals surface area contributed by atoms with Crippen LogP contribution < -0.4 is 5.43 Å². The van der Waals surface area contributed by atoms with Gasteiger partial charge in [0.25, 0.3) is 11.1 Å².